The minimum absolute atomic E-state index is 0.0207. The molecule has 1 atom stereocenters. The Hall–Kier alpha value is -2.49. The molecule has 3 heterocycles. The Morgan fingerprint density at radius 1 is 1.06 bits per heavy atom. The van der Waals surface area contributed by atoms with Crippen LogP contribution < -0.4 is 0 Å². The first kappa shape index (κ1) is 21.7. The van der Waals surface area contributed by atoms with Gasteiger partial charge in [0.25, 0.3) is 0 Å². The van der Waals surface area contributed by atoms with Crippen LogP contribution in [-0.4, -0.2) is 109 Å². The highest BCUT2D eigenvalue weighted by molar-refractivity contribution is 6.02. The number of benzene rings is 1. The molecule has 31 heavy (non-hydrogen) atoms. The highest BCUT2D eigenvalue weighted by Gasteiger charge is 2.26. The first-order chi connectivity index (χ1) is 15.1. The number of carboxylic acids is 1. The zero-order valence-corrected chi connectivity index (χ0v) is 17.8. The Morgan fingerprint density at radius 2 is 1.77 bits per heavy atom. The van der Waals surface area contributed by atoms with Gasteiger partial charge in [-0.2, -0.15) is 0 Å². The Kier molecular flexibility index (Phi) is 7.16. The predicted molar refractivity (Wildman–Crippen MR) is 117 cm³/mol. The second kappa shape index (κ2) is 10.2. The number of carbonyl (C=O) groups is 1. The van der Waals surface area contributed by atoms with Gasteiger partial charge in [-0.15, -0.1) is 0 Å². The Labute approximate surface area is 182 Å². The van der Waals surface area contributed by atoms with Crippen LogP contribution >= 0.6 is 0 Å². The summed E-state index contributed by atoms with van der Waals surface area (Å²) in [7, 11) is 0. The zero-order valence-electron chi connectivity index (χ0n) is 17.8. The maximum absolute atomic E-state index is 10.9. The Morgan fingerprint density at radius 3 is 2.52 bits per heavy atom. The van der Waals surface area contributed by atoms with E-state index in [1.54, 1.807) is 0 Å². The summed E-state index contributed by atoms with van der Waals surface area (Å²) in [5.74, 6) is -0.229. The van der Waals surface area contributed by atoms with E-state index in [0.29, 0.717) is 19.0 Å². The third-order valence-electron chi connectivity index (χ3n) is 6.05. The topological polar surface area (TPSA) is 102 Å². The summed E-state index contributed by atoms with van der Waals surface area (Å²) < 4.78 is 5.37. The number of rotatable bonds is 6. The Balaban J connectivity index is 1.26. The third-order valence-corrected chi connectivity index (χ3v) is 6.05. The molecule has 1 unspecified atom stereocenters. The van der Waals surface area contributed by atoms with Crippen LogP contribution in [0.1, 0.15) is 24.0 Å². The third kappa shape index (κ3) is 5.81. The van der Waals surface area contributed by atoms with E-state index in [1.807, 2.05) is 34.1 Å². The summed E-state index contributed by atoms with van der Waals surface area (Å²) in [4.78, 5) is 23.0. The standard InChI is InChI=1S/C22H31N5O4/c23-22(27-10-12-30-13-11-27)18-4-2-17(3-5-18)20-14-19(31-24-20)15-25-6-1-7-26(9-8-25)16-21(28)29/h2-5,19,23H,1,6-16H2,(H,28,29). The van der Waals surface area contributed by atoms with Gasteiger partial charge in [0.2, 0.25) is 0 Å². The molecule has 1 aromatic carbocycles. The number of aliphatic carboxylic acids is 1. The maximum atomic E-state index is 10.9. The fourth-order valence-electron chi connectivity index (χ4n) is 4.33. The van der Waals surface area contributed by atoms with Crippen LogP contribution in [0.4, 0.5) is 0 Å². The lowest BCUT2D eigenvalue weighted by atomic mass is 10.0. The van der Waals surface area contributed by atoms with Gasteiger partial charge in [-0.25, -0.2) is 0 Å². The molecule has 0 amide bonds. The molecule has 3 aliphatic rings. The first-order valence-corrected chi connectivity index (χ1v) is 11.0. The number of hydrogen-bond acceptors (Lipinski definition) is 7. The second-order valence-electron chi connectivity index (χ2n) is 8.32. The van der Waals surface area contributed by atoms with Crippen molar-refractivity contribution in [3.63, 3.8) is 0 Å². The quantitative estimate of drug-likeness (QED) is 0.512. The summed E-state index contributed by atoms with van der Waals surface area (Å²) in [6.07, 6.45) is 1.74. The van der Waals surface area contributed by atoms with E-state index >= 15 is 0 Å². The molecule has 2 fully saturated rings. The smallest absolute Gasteiger partial charge is 0.317 e. The number of amidine groups is 1. The van der Waals surface area contributed by atoms with E-state index < -0.39 is 5.97 Å². The minimum atomic E-state index is -0.767. The van der Waals surface area contributed by atoms with Crippen molar-refractivity contribution in [2.45, 2.75) is 18.9 Å². The van der Waals surface area contributed by atoms with E-state index in [4.69, 9.17) is 20.1 Å². The molecule has 2 saturated heterocycles. The van der Waals surface area contributed by atoms with E-state index in [0.717, 1.165) is 75.5 Å². The molecule has 2 N–H and O–H groups in total. The summed E-state index contributed by atoms with van der Waals surface area (Å²) in [6.45, 7) is 7.15. The van der Waals surface area contributed by atoms with E-state index in [-0.39, 0.29) is 12.6 Å². The first-order valence-electron chi connectivity index (χ1n) is 11.0. The van der Waals surface area contributed by atoms with Crippen LogP contribution in [0.5, 0.6) is 0 Å². The highest BCUT2D eigenvalue weighted by Crippen LogP contribution is 2.19. The van der Waals surface area contributed by atoms with Gasteiger partial charge in [-0.3, -0.25) is 20.0 Å². The molecule has 3 aliphatic heterocycles. The molecular formula is C22H31N5O4. The lowest BCUT2D eigenvalue weighted by Gasteiger charge is -2.29. The molecule has 0 spiro atoms. The number of nitrogens with zero attached hydrogens (tertiary/aromatic N) is 4. The lowest BCUT2D eigenvalue weighted by Crippen LogP contribution is -2.40. The van der Waals surface area contributed by atoms with E-state index in [9.17, 15) is 4.79 Å². The molecule has 0 radical (unpaired) electrons. The maximum Gasteiger partial charge on any atom is 0.317 e. The van der Waals surface area contributed by atoms with E-state index in [2.05, 4.69) is 10.1 Å². The normalized spacial score (nSPS) is 23.2. The second-order valence-corrected chi connectivity index (χ2v) is 8.32. The average Bonchev–Trinajstić information content (AvgIpc) is 3.14. The number of ether oxygens (including phenoxy) is 1. The van der Waals surface area contributed by atoms with Crippen molar-refractivity contribution in [1.82, 2.24) is 14.7 Å². The molecular weight excluding hydrogens is 398 g/mol. The zero-order chi connectivity index (χ0) is 21.6. The fraction of sp³-hybridized carbons (Fsp3) is 0.591. The molecule has 0 aliphatic carbocycles. The summed E-state index contributed by atoms with van der Waals surface area (Å²) in [5, 5.41) is 21.7. The Bertz CT molecular complexity index is 807. The molecule has 0 aromatic heterocycles. The number of morpholine rings is 1. The SMILES string of the molecule is N=C(c1ccc(C2=NOC(CN3CCCN(CC(=O)O)CC3)C2)cc1)N1CCOCC1. The van der Waals surface area contributed by atoms with Crippen molar-refractivity contribution < 1.29 is 19.5 Å². The van der Waals surface area contributed by atoms with Gasteiger partial charge in [0, 0.05) is 51.3 Å². The van der Waals surface area contributed by atoms with Gasteiger partial charge >= 0.3 is 5.97 Å². The van der Waals surface area contributed by atoms with Gasteiger partial charge in [-0.1, -0.05) is 29.4 Å². The molecule has 1 aromatic rings. The molecule has 9 heteroatoms. The predicted octanol–water partition coefficient (Wildman–Crippen LogP) is 0.929. The molecule has 9 nitrogen and oxygen atoms in total. The molecule has 4 rings (SSSR count). The van der Waals surface area contributed by atoms with Gasteiger partial charge in [-0.05, 0) is 18.5 Å². The fourth-order valence-corrected chi connectivity index (χ4v) is 4.33. The monoisotopic (exact) mass is 429 g/mol. The van der Waals surface area contributed by atoms with Crippen LogP contribution in [0.2, 0.25) is 0 Å². The van der Waals surface area contributed by atoms with Gasteiger partial charge in [0.15, 0.2) is 0 Å². The van der Waals surface area contributed by atoms with Crippen molar-refractivity contribution in [3.8, 4) is 0 Å². The van der Waals surface area contributed by atoms with Crippen molar-refractivity contribution >= 4 is 17.5 Å². The number of carboxylic acid groups (broad SMARTS) is 1. The van der Waals surface area contributed by atoms with Gasteiger partial charge in [0.05, 0.1) is 25.5 Å². The van der Waals surface area contributed by atoms with Crippen LogP contribution in [0, 0.1) is 5.41 Å². The van der Waals surface area contributed by atoms with Crippen molar-refractivity contribution in [1.29, 1.82) is 5.41 Å². The minimum Gasteiger partial charge on any atom is -0.480 e. The molecule has 0 bridgehead atoms. The summed E-state index contributed by atoms with van der Waals surface area (Å²) in [5.41, 5.74) is 2.87. The van der Waals surface area contributed by atoms with Crippen molar-refractivity contribution in [2.24, 2.45) is 5.16 Å². The lowest BCUT2D eigenvalue weighted by molar-refractivity contribution is -0.138. The summed E-state index contributed by atoms with van der Waals surface area (Å²) in [6, 6.07) is 8.00. The van der Waals surface area contributed by atoms with Crippen LogP contribution in [0.15, 0.2) is 29.4 Å². The van der Waals surface area contributed by atoms with Gasteiger partial charge in [0.1, 0.15) is 11.9 Å². The number of nitrogens with one attached hydrogen (secondary N) is 1. The van der Waals surface area contributed by atoms with Crippen LogP contribution in [0.3, 0.4) is 0 Å². The number of oxime groups is 1. The van der Waals surface area contributed by atoms with Crippen LogP contribution in [0.25, 0.3) is 0 Å². The van der Waals surface area contributed by atoms with Gasteiger partial charge < -0.3 is 19.6 Å². The number of hydrogen-bond donors (Lipinski definition) is 2. The molecule has 0 saturated carbocycles. The highest BCUT2D eigenvalue weighted by atomic mass is 16.6. The molecule has 168 valence electrons. The largest absolute Gasteiger partial charge is 0.480 e. The van der Waals surface area contributed by atoms with Crippen LogP contribution in [-0.2, 0) is 14.4 Å². The van der Waals surface area contributed by atoms with Crippen molar-refractivity contribution in [2.75, 3.05) is 65.6 Å². The van der Waals surface area contributed by atoms with E-state index in [1.165, 1.54) is 0 Å². The average molecular weight is 430 g/mol. The summed E-state index contributed by atoms with van der Waals surface area (Å²) >= 11 is 0. The van der Waals surface area contributed by atoms with Crippen molar-refractivity contribution in [3.05, 3.63) is 35.4 Å².